The van der Waals surface area contributed by atoms with Crippen molar-refractivity contribution < 1.29 is 19.5 Å². The van der Waals surface area contributed by atoms with Gasteiger partial charge in [-0.2, -0.15) is 0 Å². The fraction of sp³-hybridized carbons (Fsp3) is 0.214. The Bertz CT molecular complexity index is 1180. The molecule has 1 atom stereocenters. The smallest absolute Gasteiger partial charge is 0.335 e. The number of carboxylic acids is 1. The molecular formula is C28H31N5O4. The summed E-state index contributed by atoms with van der Waals surface area (Å²) in [6.45, 7) is 0.310. The topological polar surface area (TPSA) is 163 Å². The van der Waals surface area contributed by atoms with Gasteiger partial charge in [-0.3, -0.25) is 19.9 Å². The van der Waals surface area contributed by atoms with Crippen molar-refractivity contribution in [2.75, 3.05) is 6.54 Å². The summed E-state index contributed by atoms with van der Waals surface area (Å²) in [5.74, 6) is -2.94. The van der Waals surface area contributed by atoms with E-state index in [0.717, 1.165) is 16.0 Å². The maximum Gasteiger partial charge on any atom is 0.335 e. The molecule has 0 heterocycles. The number of nitrogens with two attached hydrogens (primary N) is 2. The molecule has 0 fully saturated rings. The largest absolute Gasteiger partial charge is 0.478 e. The van der Waals surface area contributed by atoms with Gasteiger partial charge >= 0.3 is 5.97 Å². The maximum absolute atomic E-state index is 14.1. The van der Waals surface area contributed by atoms with E-state index in [0.29, 0.717) is 18.5 Å². The molecule has 2 amide bonds. The van der Waals surface area contributed by atoms with Gasteiger partial charge < -0.3 is 21.9 Å². The molecule has 3 aromatic rings. The van der Waals surface area contributed by atoms with Gasteiger partial charge in [0, 0.05) is 6.54 Å². The zero-order chi connectivity index (χ0) is 26.8. The van der Waals surface area contributed by atoms with Crippen molar-refractivity contribution in [1.29, 1.82) is 5.41 Å². The minimum Gasteiger partial charge on any atom is -0.478 e. The van der Waals surface area contributed by atoms with Crippen LogP contribution in [0.2, 0.25) is 0 Å². The summed E-state index contributed by atoms with van der Waals surface area (Å²) in [6.07, 6.45) is 0.755. The Labute approximate surface area is 215 Å². The van der Waals surface area contributed by atoms with E-state index in [1.165, 1.54) is 12.1 Å². The van der Waals surface area contributed by atoms with E-state index in [4.69, 9.17) is 16.9 Å². The van der Waals surface area contributed by atoms with Crippen LogP contribution in [0.1, 0.15) is 45.8 Å². The molecule has 3 aromatic carbocycles. The first-order valence-electron chi connectivity index (χ1n) is 11.9. The minimum absolute atomic E-state index is 0.0624. The number of carbonyl (C=O) groups excluding carboxylic acids is 2. The fourth-order valence-electron chi connectivity index (χ4n) is 3.99. The number of hydrogen-bond acceptors (Lipinski definition) is 5. The van der Waals surface area contributed by atoms with Crippen LogP contribution in [-0.2, 0) is 16.1 Å². The molecule has 3 rings (SSSR count). The molecule has 0 bridgehead atoms. The first-order chi connectivity index (χ1) is 17.8. The highest BCUT2D eigenvalue weighted by molar-refractivity contribution is 6.01. The molecule has 0 spiro atoms. The monoisotopic (exact) mass is 501 g/mol. The number of carboxylic acid groups (broad SMARTS) is 1. The summed E-state index contributed by atoms with van der Waals surface area (Å²) in [4.78, 5) is 40.1. The number of carbonyl (C=O) groups is 3. The van der Waals surface area contributed by atoms with Crippen molar-refractivity contribution in [3.63, 3.8) is 0 Å². The molecule has 0 aromatic heterocycles. The Morgan fingerprint density at radius 3 is 1.89 bits per heavy atom. The second kappa shape index (κ2) is 13.0. The van der Waals surface area contributed by atoms with Gasteiger partial charge in [0.25, 0.3) is 0 Å². The first kappa shape index (κ1) is 27.1. The molecule has 0 aliphatic heterocycles. The second-order valence-electron chi connectivity index (χ2n) is 8.61. The number of guanidine groups is 1. The lowest BCUT2D eigenvalue weighted by atomic mass is 9.89. The van der Waals surface area contributed by atoms with E-state index in [1.54, 1.807) is 12.1 Å². The normalized spacial score (nSPS) is 11.5. The maximum atomic E-state index is 14.1. The van der Waals surface area contributed by atoms with Crippen LogP contribution >= 0.6 is 0 Å². The van der Waals surface area contributed by atoms with Crippen molar-refractivity contribution in [3.05, 3.63) is 107 Å². The fourth-order valence-corrected chi connectivity index (χ4v) is 3.99. The molecule has 9 heteroatoms. The lowest BCUT2D eigenvalue weighted by molar-refractivity contribution is -0.147. The molecule has 0 unspecified atom stereocenters. The van der Waals surface area contributed by atoms with E-state index in [2.05, 4.69) is 5.32 Å². The Morgan fingerprint density at radius 1 is 0.865 bits per heavy atom. The number of rotatable bonds is 11. The lowest BCUT2D eigenvalue weighted by Crippen LogP contribution is -2.48. The number of hydrogen-bond donors (Lipinski definition) is 5. The molecule has 7 N–H and O–H groups in total. The number of imide groups is 1. The molecule has 0 saturated carbocycles. The molecule has 37 heavy (non-hydrogen) atoms. The molecular weight excluding hydrogens is 470 g/mol. The van der Waals surface area contributed by atoms with Crippen LogP contribution in [-0.4, -0.2) is 46.3 Å². The zero-order valence-electron chi connectivity index (χ0n) is 20.3. The van der Waals surface area contributed by atoms with Crippen LogP contribution in [0.25, 0.3) is 0 Å². The SMILES string of the molecule is N=C(N)NCCC[C@@H](N)C(=O)N(Cc1ccc(C(=O)O)cc1)C(=O)C(c1ccccc1)c1ccccc1. The molecule has 0 radical (unpaired) electrons. The molecule has 0 aliphatic carbocycles. The van der Waals surface area contributed by atoms with Gasteiger partial charge in [0.15, 0.2) is 5.96 Å². The molecule has 0 aliphatic rings. The van der Waals surface area contributed by atoms with Gasteiger partial charge in [-0.15, -0.1) is 0 Å². The number of amides is 2. The van der Waals surface area contributed by atoms with E-state index in [-0.39, 0.29) is 24.5 Å². The number of nitrogens with one attached hydrogen (secondary N) is 2. The summed E-state index contributed by atoms with van der Waals surface area (Å²) in [5.41, 5.74) is 13.7. The van der Waals surface area contributed by atoms with Crippen molar-refractivity contribution in [2.24, 2.45) is 11.5 Å². The summed E-state index contributed by atoms with van der Waals surface area (Å²) >= 11 is 0. The van der Waals surface area contributed by atoms with E-state index < -0.39 is 29.7 Å². The summed E-state index contributed by atoms with van der Waals surface area (Å²) in [6, 6.07) is 23.5. The van der Waals surface area contributed by atoms with Crippen LogP contribution in [0.3, 0.4) is 0 Å². The summed E-state index contributed by atoms with van der Waals surface area (Å²) in [5, 5.41) is 19.1. The third kappa shape index (κ3) is 7.49. The quantitative estimate of drug-likeness (QED) is 0.153. The van der Waals surface area contributed by atoms with E-state index in [1.807, 2.05) is 60.7 Å². The highest BCUT2D eigenvalue weighted by Gasteiger charge is 2.33. The standard InChI is InChI=1S/C28H31N5O4/c29-23(12-7-17-32-28(30)31)25(34)33(18-19-13-15-22(16-14-19)27(36)37)26(35)24(20-8-3-1-4-9-20)21-10-5-2-6-11-21/h1-6,8-11,13-16,23-24H,7,12,17-18,29H2,(H,36,37)(H4,30,31,32)/t23-/m1/s1. The molecule has 192 valence electrons. The van der Waals surface area contributed by atoms with Crippen LogP contribution in [0, 0.1) is 5.41 Å². The molecule has 0 saturated heterocycles. The van der Waals surface area contributed by atoms with Crippen molar-refractivity contribution in [2.45, 2.75) is 31.3 Å². The number of benzene rings is 3. The third-order valence-electron chi connectivity index (χ3n) is 5.91. The van der Waals surface area contributed by atoms with Crippen LogP contribution in [0.15, 0.2) is 84.9 Å². The summed E-state index contributed by atoms with van der Waals surface area (Å²) in [7, 11) is 0. The van der Waals surface area contributed by atoms with Crippen LogP contribution < -0.4 is 16.8 Å². The van der Waals surface area contributed by atoms with Crippen molar-refractivity contribution in [1.82, 2.24) is 10.2 Å². The van der Waals surface area contributed by atoms with Crippen molar-refractivity contribution >= 4 is 23.7 Å². The van der Waals surface area contributed by atoms with Gasteiger partial charge in [-0.1, -0.05) is 72.8 Å². The summed E-state index contributed by atoms with van der Waals surface area (Å²) < 4.78 is 0. The van der Waals surface area contributed by atoms with E-state index >= 15 is 0 Å². The number of nitrogens with zero attached hydrogens (tertiary/aromatic N) is 1. The van der Waals surface area contributed by atoms with Gasteiger partial charge in [0.1, 0.15) is 0 Å². The highest BCUT2D eigenvalue weighted by Crippen LogP contribution is 2.28. The van der Waals surface area contributed by atoms with Crippen LogP contribution in [0.4, 0.5) is 0 Å². The highest BCUT2D eigenvalue weighted by atomic mass is 16.4. The third-order valence-corrected chi connectivity index (χ3v) is 5.91. The van der Waals surface area contributed by atoms with Gasteiger partial charge in [0.2, 0.25) is 11.8 Å². The second-order valence-corrected chi connectivity index (χ2v) is 8.61. The Hall–Kier alpha value is -4.50. The Morgan fingerprint density at radius 2 is 1.41 bits per heavy atom. The van der Waals surface area contributed by atoms with Crippen LogP contribution in [0.5, 0.6) is 0 Å². The average Bonchev–Trinajstić information content (AvgIpc) is 2.90. The van der Waals surface area contributed by atoms with Gasteiger partial charge in [0.05, 0.1) is 24.1 Å². The zero-order valence-corrected chi connectivity index (χ0v) is 20.3. The first-order valence-corrected chi connectivity index (χ1v) is 11.9. The Balaban J connectivity index is 1.94. The van der Waals surface area contributed by atoms with Gasteiger partial charge in [-0.25, -0.2) is 4.79 Å². The molecule has 9 nitrogen and oxygen atoms in total. The van der Waals surface area contributed by atoms with E-state index in [9.17, 15) is 19.5 Å². The van der Waals surface area contributed by atoms with Crippen molar-refractivity contribution in [3.8, 4) is 0 Å². The average molecular weight is 502 g/mol. The predicted molar refractivity (Wildman–Crippen MR) is 141 cm³/mol. The number of aromatic carboxylic acids is 1. The lowest BCUT2D eigenvalue weighted by Gasteiger charge is -2.29. The Kier molecular flexibility index (Phi) is 9.51. The minimum atomic E-state index is -1.06. The van der Waals surface area contributed by atoms with Gasteiger partial charge in [-0.05, 0) is 41.7 Å². The predicted octanol–water partition coefficient (Wildman–Crippen LogP) is 2.66.